The van der Waals surface area contributed by atoms with Crippen LogP contribution in [-0.4, -0.2) is 48.7 Å². The third kappa shape index (κ3) is 4.63. The van der Waals surface area contributed by atoms with Crippen molar-refractivity contribution in [3.8, 4) is 0 Å². The number of urea groups is 1. The molecule has 0 saturated heterocycles. The summed E-state index contributed by atoms with van der Waals surface area (Å²) in [6, 6.07) is 0.448. The maximum atomic E-state index is 13.7. The van der Waals surface area contributed by atoms with Gasteiger partial charge in [0.1, 0.15) is 11.6 Å². The van der Waals surface area contributed by atoms with E-state index in [2.05, 4.69) is 10.1 Å². The average Bonchev–Trinajstić information content (AvgIpc) is 2.48. The molecule has 1 atom stereocenters. The highest BCUT2D eigenvalue weighted by atomic mass is 19.1. The largest absolute Gasteiger partial charge is 0.481 e. The summed E-state index contributed by atoms with van der Waals surface area (Å²) in [4.78, 5) is 35.0. The maximum Gasteiger partial charge on any atom is 0.340 e. The number of carbonyl (C=O) groups is 3. The van der Waals surface area contributed by atoms with Crippen molar-refractivity contribution in [1.29, 1.82) is 0 Å². The summed E-state index contributed by atoms with van der Waals surface area (Å²) >= 11 is 0. The minimum absolute atomic E-state index is 0.117. The highest BCUT2D eigenvalue weighted by Crippen LogP contribution is 2.20. The first-order valence-electron chi connectivity index (χ1n) is 6.49. The number of halogens is 2. The SMILES string of the molecule is COC(=O)c1cc(NC(=O)N(C)CC(C)C(=O)O)c(F)cc1F. The maximum absolute atomic E-state index is 13.7. The number of carboxylic acid groups (broad SMARTS) is 1. The summed E-state index contributed by atoms with van der Waals surface area (Å²) in [7, 11) is 2.35. The van der Waals surface area contributed by atoms with Gasteiger partial charge in [0.2, 0.25) is 0 Å². The zero-order valence-electron chi connectivity index (χ0n) is 12.7. The van der Waals surface area contributed by atoms with Crippen LogP contribution in [0.4, 0.5) is 19.3 Å². The summed E-state index contributed by atoms with van der Waals surface area (Å²) in [6.07, 6.45) is 0. The molecule has 0 saturated carbocycles. The summed E-state index contributed by atoms with van der Waals surface area (Å²) in [5.41, 5.74) is -0.961. The van der Waals surface area contributed by atoms with E-state index in [1.807, 2.05) is 0 Å². The van der Waals surface area contributed by atoms with Crippen molar-refractivity contribution in [2.75, 3.05) is 26.0 Å². The second kappa shape index (κ2) is 7.52. The van der Waals surface area contributed by atoms with Gasteiger partial charge >= 0.3 is 18.0 Å². The number of hydrogen-bond donors (Lipinski definition) is 2. The molecule has 1 aromatic carbocycles. The summed E-state index contributed by atoms with van der Waals surface area (Å²) < 4.78 is 31.5. The van der Waals surface area contributed by atoms with Crippen molar-refractivity contribution >= 4 is 23.7 Å². The number of carboxylic acids is 1. The van der Waals surface area contributed by atoms with E-state index in [1.54, 1.807) is 0 Å². The van der Waals surface area contributed by atoms with E-state index in [4.69, 9.17) is 5.11 Å². The second-order valence-corrected chi connectivity index (χ2v) is 4.85. The fraction of sp³-hybridized carbons (Fsp3) is 0.357. The number of carbonyl (C=O) groups excluding carboxylic acids is 2. The molecule has 0 fully saturated rings. The number of esters is 1. The number of benzene rings is 1. The summed E-state index contributed by atoms with van der Waals surface area (Å²) in [5, 5.41) is 10.9. The molecule has 0 aliphatic heterocycles. The highest BCUT2D eigenvalue weighted by Gasteiger charge is 2.21. The number of aliphatic carboxylic acids is 1. The van der Waals surface area contributed by atoms with Gasteiger partial charge in [-0.1, -0.05) is 6.92 Å². The Balaban J connectivity index is 2.93. The molecular weight excluding hydrogens is 314 g/mol. The van der Waals surface area contributed by atoms with Gasteiger partial charge in [0.15, 0.2) is 0 Å². The van der Waals surface area contributed by atoms with Crippen molar-refractivity contribution in [2.24, 2.45) is 5.92 Å². The van der Waals surface area contributed by atoms with Crippen molar-refractivity contribution in [3.05, 3.63) is 29.3 Å². The molecule has 1 aromatic rings. The number of rotatable bonds is 5. The van der Waals surface area contributed by atoms with Crippen LogP contribution in [-0.2, 0) is 9.53 Å². The summed E-state index contributed by atoms with van der Waals surface area (Å²) in [5.74, 6) is -5.14. The van der Waals surface area contributed by atoms with Crippen LogP contribution in [0.2, 0.25) is 0 Å². The smallest absolute Gasteiger partial charge is 0.340 e. The molecule has 2 N–H and O–H groups in total. The lowest BCUT2D eigenvalue weighted by Gasteiger charge is -2.20. The van der Waals surface area contributed by atoms with Gasteiger partial charge in [-0.15, -0.1) is 0 Å². The third-order valence-electron chi connectivity index (χ3n) is 3.02. The van der Waals surface area contributed by atoms with Crippen molar-refractivity contribution in [3.63, 3.8) is 0 Å². The molecule has 2 amide bonds. The Morgan fingerprint density at radius 3 is 2.43 bits per heavy atom. The molecule has 0 radical (unpaired) electrons. The molecule has 0 aliphatic carbocycles. The van der Waals surface area contributed by atoms with E-state index in [0.29, 0.717) is 6.07 Å². The van der Waals surface area contributed by atoms with Crippen LogP contribution in [0.5, 0.6) is 0 Å². The van der Waals surface area contributed by atoms with E-state index in [0.717, 1.165) is 18.1 Å². The normalized spacial score (nSPS) is 11.5. The Morgan fingerprint density at radius 1 is 1.30 bits per heavy atom. The van der Waals surface area contributed by atoms with E-state index < -0.39 is 46.8 Å². The van der Waals surface area contributed by atoms with Crippen LogP contribution >= 0.6 is 0 Å². The molecule has 7 nitrogen and oxygen atoms in total. The van der Waals surface area contributed by atoms with Gasteiger partial charge in [0.05, 0.1) is 24.3 Å². The van der Waals surface area contributed by atoms with Gasteiger partial charge in [0.25, 0.3) is 0 Å². The molecule has 9 heteroatoms. The molecule has 23 heavy (non-hydrogen) atoms. The van der Waals surface area contributed by atoms with Crippen LogP contribution in [0.25, 0.3) is 0 Å². The van der Waals surface area contributed by atoms with Crippen molar-refractivity contribution < 1.29 is 33.0 Å². The number of methoxy groups -OCH3 is 1. The fourth-order valence-electron chi connectivity index (χ4n) is 1.69. The third-order valence-corrected chi connectivity index (χ3v) is 3.02. The van der Waals surface area contributed by atoms with E-state index in [9.17, 15) is 23.2 Å². The standard InChI is InChI=1S/C14H16F2N2O5/c1-7(12(19)20)6-18(2)14(22)17-11-4-8(13(21)23-3)9(15)5-10(11)16/h4-5,7H,6H2,1-3H3,(H,17,22)(H,19,20). The predicted octanol–water partition coefficient (Wildman–Crippen LogP) is 1.94. The Labute approximate surface area is 130 Å². The number of nitrogens with zero attached hydrogens (tertiary/aromatic N) is 1. The molecule has 1 unspecified atom stereocenters. The lowest BCUT2D eigenvalue weighted by molar-refractivity contribution is -0.141. The molecule has 1 rings (SSSR count). The highest BCUT2D eigenvalue weighted by molar-refractivity contribution is 5.94. The lowest BCUT2D eigenvalue weighted by atomic mass is 10.1. The molecule has 0 aromatic heterocycles. The molecule has 126 valence electrons. The monoisotopic (exact) mass is 330 g/mol. The van der Waals surface area contributed by atoms with Gasteiger partial charge in [-0.3, -0.25) is 4.79 Å². The Kier molecular flexibility index (Phi) is 6.00. The van der Waals surface area contributed by atoms with E-state index in [-0.39, 0.29) is 6.54 Å². The molecule has 0 bridgehead atoms. The number of ether oxygens (including phenoxy) is 1. The number of hydrogen-bond acceptors (Lipinski definition) is 4. The van der Waals surface area contributed by atoms with Gasteiger partial charge in [0, 0.05) is 19.7 Å². The average molecular weight is 330 g/mol. The van der Waals surface area contributed by atoms with Crippen molar-refractivity contribution in [1.82, 2.24) is 4.90 Å². The van der Waals surface area contributed by atoms with Crippen LogP contribution in [0.1, 0.15) is 17.3 Å². The first-order chi connectivity index (χ1) is 10.7. The van der Waals surface area contributed by atoms with Crippen molar-refractivity contribution in [2.45, 2.75) is 6.92 Å². The molecule has 0 spiro atoms. The van der Waals surface area contributed by atoms with Gasteiger partial charge in [-0.25, -0.2) is 18.4 Å². The quantitative estimate of drug-likeness (QED) is 0.804. The zero-order valence-corrected chi connectivity index (χ0v) is 12.7. The Morgan fingerprint density at radius 2 is 1.91 bits per heavy atom. The topological polar surface area (TPSA) is 95.9 Å². The zero-order chi connectivity index (χ0) is 17.7. The molecular formula is C14H16F2N2O5. The predicted molar refractivity (Wildman–Crippen MR) is 76.1 cm³/mol. The fourth-order valence-corrected chi connectivity index (χ4v) is 1.69. The van der Waals surface area contributed by atoms with Crippen LogP contribution in [0, 0.1) is 17.6 Å². The Bertz CT molecular complexity index is 636. The van der Waals surface area contributed by atoms with E-state index in [1.165, 1.54) is 14.0 Å². The Hall–Kier alpha value is -2.71. The second-order valence-electron chi connectivity index (χ2n) is 4.85. The van der Waals surface area contributed by atoms with Gasteiger partial charge < -0.3 is 20.1 Å². The minimum atomic E-state index is -1.12. The number of nitrogens with one attached hydrogen (secondary N) is 1. The number of anilines is 1. The first kappa shape index (κ1) is 18.3. The van der Waals surface area contributed by atoms with Crippen LogP contribution in [0.3, 0.4) is 0 Å². The van der Waals surface area contributed by atoms with Crippen LogP contribution < -0.4 is 5.32 Å². The summed E-state index contributed by atoms with van der Waals surface area (Å²) in [6.45, 7) is 1.29. The minimum Gasteiger partial charge on any atom is -0.481 e. The molecule has 0 heterocycles. The number of amides is 2. The van der Waals surface area contributed by atoms with Gasteiger partial charge in [-0.2, -0.15) is 0 Å². The van der Waals surface area contributed by atoms with E-state index >= 15 is 0 Å². The first-order valence-corrected chi connectivity index (χ1v) is 6.49. The lowest BCUT2D eigenvalue weighted by Crippen LogP contribution is -2.36. The van der Waals surface area contributed by atoms with Gasteiger partial charge in [-0.05, 0) is 6.07 Å². The molecule has 0 aliphatic rings. The van der Waals surface area contributed by atoms with Crippen LogP contribution in [0.15, 0.2) is 12.1 Å².